The number of halogens is 6. The number of rotatable bonds is 3. The second-order valence-electron chi connectivity index (χ2n) is 4.72. The first kappa shape index (κ1) is 17.7. The Kier molecular flexibility index (Phi) is 4.74. The molecule has 2 aromatic carbocycles. The molecular formula is C15H5BrF5NO2S. The van der Waals surface area contributed by atoms with Crippen molar-refractivity contribution >= 4 is 37.8 Å². The van der Waals surface area contributed by atoms with Gasteiger partial charge in [0.25, 0.3) is 0 Å². The average Bonchev–Trinajstić information content (AvgIpc) is 2.61. The van der Waals surface area contributed by atoms with Crippen molar-refractivity contribution in [3.8, 4) is 5.75 Å². The second-order valence-corrected chi connectivity index (χ2v) is 6.68. The van der Waals surface area contributed by atoms with Crippen LogP contribution in [0, 0.1) is 29.1 Å². The minimum Gasteiger partial charge on any atom is -0.390 e. The zero-order chi connectivity index (χ0) is 18.3. The molecule has 0 aliphatic heterocycles. The molecule has 0 N–H and O–H groups in total. The summed E-state index contributed by atoms with van der Waals surface area (Å²) in [7, 11) is 0. The van der Waals surface area contributed by atoms with E-state index in [0.29, 0.717) is 15.2 Å². The van der Waals surface area contributed by atoms with Gasteiger partial charge in [-0.3, -0.25) is 4.98 Å². The molecule has 25 heavy (non-hydrogen) atoms. The van der Waals surface area contributed by atoms with Crippen LogP contribution in [0.1, 0.15) is 0 Å². The number of benzene rings is 2. The summed E-state index contributed by atoms with van der Waals surface area (Å²) in [5.74, 6) is -12.7. The lowest BCUT2D eigenvalue weighted by molar-refractivity contribution is 0.352. The molecule has 130 valence electrons. The van der Waals surface area contributed by atoms with E-state index in [-0.39, 0.29) is 4.90 Å². The standard InChI is InChI=1S/C15H5BrF5NO2S/c16-9-5-22-4-6-3-7(1-2-8(6)9)25(23)24-15-13(20)11(18)10(17)12(19)14(15)21/h1-5H. The molecule has 0 saturated heterocycles. The predicted molar refractivity (Wildman–Crippen MR) is 82.7 cm³/mol. The lowest BCUT2D eigenvalue weighted by Crippen LogP contribution is -2.09. The van der Waals surface area contributed by atoms with Crippen LogP contribution in [-0.4, -0.2) is 9.19 Å². The summed E-state index contributed by atoms with van der Waals surface area (Å²) in [6.45, 7) is 0. The van der Waals surface area contributed by atoms with Gasteiger partial charge in [0, 0.05) is 22.3 Å². The molecular weight excluding hydrogens is 433 g/mol. The van der Waals surface area contributed by atoms with E-state index in [2.05, 4.69) is 25.1 Å². The van der Waals surface area contributed by atoms with Crippen LogP contribution in [0.3, 0.4) is 0 Å². The van der Waals surface area contributed by atoms with Crippen LogP contribution in [0.5, 0.6) is 5.75 Å². The molecule has 0 spiro atoms. The van der Waals surface area contributed by atoms with Crippen LogP contribution < -0.4 is 4.18 Å². The quantitative estimate of drug-likeness (QED) is 0.335. The van der Waals surface area contributed by atoms with Gasteiger partial charge in [-0.05, 0) is 33.4 Å². The van der Waals surface area contributed by atoms with Gasteiger partial charge in [0.1, 0.15) is 0 Å². The maximum atomic E-state index is 13.6. The number of nitrogens with zero attached hydrogens (tertiary/aromatic N) is 1. The number of aromatic nitrogens is 1. The van der Waals surface area contributed by atoms with Crippen molar-refractivity contribution in [3.05, 3.63) is 64.2 Å². The summed E-state index contributed by atoms with van der Waals surface area (Å²) < 4.78 is 83.8. The third-order valence-corrected chi connectivity index (χ3v) is 4.79. The van der Waals surface area contributed by atoms with Gasteiger partial charge < -0.3 is 4.18 Å². The van der Waals surface area contributed by atoms with Gasteiger partial charge >= 0.3 is 0 Å². The van der Waals surface area contributed by atoms with Crippen molar-refractivity contribution in [1.82, 2.24) is 4.98 Å². The minimum atomic E-state index is -2.52. The molecule has 0 aliphatic rings. The predicted octanol–water partition coefficient (Wildman–Crippen LogP) is 4.79. The average molecular weight is 438 g/mol. The van der Waals surface area contributed by atoms with E-state index in [0.717, 1.165) is 0 Å². The monoisotopic (exact) mass is 437 g/mol. The van der Waals surface area contributed by atoms with Crippen LogP contribution in [0.15, 0.2) is 40.0 Å². The Hall–Kier alpha value is -2.07. The molecule has 0 bridgehead atoms. The topological polar surface area (TPSA) is 39.2 Å². The number of pyridine rings is 1. The Morgan fingerprint density at radius 1 is 0.920 bits per heavy atom. The van der Waals surface area contributed by atoms with E-state index in [1.54, 1.807) is 0 Å². The van der Waals surface area contributed by atoms with Crippen molar-refractivity contribution in [2.24, 2.45) is 0 Å². The van der Waals surface area contributed by atoms with Gasteiger partial charge in [0.05, 0.1) is 4.90 Å². The van der Waals surface area contributed by atoms with Crippen LogP contribution >= 0.6 is 15.9 Å². The van der Waals surface area contributed by atoms with Gasteiger partial charge in [0.15, 0.2) is 0 Å². The molecule has 3 aromatic rings. The molecule has 3 nitrogen and oxygen atoms in total. The number of hydrogen-bond donors (Lipinski definition) is 0. The molecule has 1 heterocycles. The lowest BCUT2D eigenvalue weighted by Gasteiger charge is -2.09. The van der Waals surface area contributed by atoms with E-state index in [1.165, 1.54) is 30.6 Å². The highest BCUT2D eigenvalue weighted by Gasteiger charge is 2.28. The Balaban J connectivity index is 2.01. The van der Waals surface area contributed by atoms with Crippen LogP contribution in [-0.2, 0) is 11.1 Å². The molecule has 0 fully saturated rings. The smallest absolute Gasteiger partial charge is 0.240 e. The zero-order valence-corrected chi connectivity index (χ0v) is 14.2. The summed E-state index contributed by atoms with van der Waals surface area (Å²) in [6, 6.07) is 4.22. The first-order valence-corrected chi connectivity index (χ1v) is 8.33. The maximum Gasteiger partial charge on any atom is 0.240 e. The SMILES string of the molecule is O=S(Oc1c(F)c(F)c(F)c(F)c1F)c1ccc2c(Br)cncc2c1. The van der Waals surface area contributed by atoms with Crippen LogP contribution in [0.4, 0.5) is 22.0 Å². The van der Waals surface area contributed by atoms with Gasteiger partial charge in [-0.1, -0.05) is 6.07 Å². The van der Waals surface area contributed by atoms with E-state index < -0.39 is 45.9 Å². The second kappa shape index (κ2) is 6.68. The first-order chi connectivity index (χ1) is 11.8. The third-order valence-electron chi connectivity index (χ3n) is 3.20. The Labute approximate surface area is 148 Å². The summed E-state index contributed by atoms with van der Waals surface area (Å²) in [5.41, 5.74) is 0. The van der Waals surface area contributed by atoms with E-state index >= 15 is 0 Å². The van der Waals surface area contributed by atoms with E-state index in [1.807, 2.05) is 0 Å². The fourth-order valence-electron chi connectivity index (χ4n) is 2.00. The molecule has 3 rings (SSSR count). The molecule has 0 amide bonds. The van der Waals surface area contributed by atoms with Crippen molar-refractivity contribution in [3.63, 3.8) is 0 Å². The summed E-state index contributed by atoms with van der Waals surface area (Å²) >= 11 is 0.747. The first-order valence-electron chi connectivity index (χ1n) is 6.46. The highest BCUT2D eigenvalue weighted by Crippen LogP contribution is 2.31. The molecule has 1 atom stereocenters. The Morgan fingerprint density at radius 2 is 1.52 bits per heavy atom. The van der Waals surface area contributed by atoms with Gasteiger partial charge in [-0.25, -0.2) is 17.4 Å². The fourth-order valence-corrected chi connectivity index (χ4v) is 3.28. The Morgan fingerprint density at radius 3 is 2.16 bits per heavy atom. The summed E-state index contributed by atoms with van der Waals surface area (Å²) in [5, 5.41) is 1.24. The highest BCUT2D eigenvalue weighted by molar-refractivity contribution is 9.10. The van der Waals surface area contributed by atoms with E-state index in [4.69, 9.17) is 0 Å². The molecule has 0 radical (unpaired) electrons. The largest absolute Gasteiger partial charge is 0.390 e. The third kappa shape index (κ3) is 3.11. The molecule has 0 saturated carbocycles. The van der Waals surface area contributed by atoms with E-state index in [9.17, 15) is 26.2 Å². The van der Waals surface area contributed by atoms with Crippen molar-refractivity contribution in [2.75, 3.05) is 0 Å². The van der Waals surface area contributed by atoms with Crippen LogP contribution in [0.25, 0.3) is 10.8 Å². The van der Waals surface area contributed by atoms with Crippen molar-refractivity contribution in [2.45, 2.75) is 4.90 Å². The van der Waals surface area contributed by atoms with Crippen molar-refractivity contribution < 1.29 is 30.3 Å². The fraction of sp³-hybridized carbons (Fsp3) is 0. The van der Waals surface area contributed by atoms with Crippen molar-refractivity contribution in [1.29, 1.82) is 0 Å². The maximum absolute atomic E-state index is 13.6. The molecule has 0 aliphatic carbocycles. The minimum absolute atomic E-state index is 0.0451. The van der Waals surface area contributed by atoms with Gasteiger partial charge in [0.2, 0.25) is 45.9 Å². The van der Waals surface area contributed by atoms with Crippen LogP contribution in [0.2, 0.25) is 0 Å². The van der Waals surface area contributed by atoms with Gasteiger partial charge in [-0.2, -0.15) is 8.78 Å². The van der Waals surface area contributed by atoms with Gasteiger partial charge in [-0.15, -0.1) is 0 Å². The number of hydrogen-bond acceptors (Lipinski definition) is 3. The normalized spacial score (nSPS) is 12.4. The Bertz CT molecular complexity index is 1000. The molecule has 1 unspecified atom stereocenters. The highest BCUT2D eigenvalue weighted by atomic mass is 79.9. The summed E-state index contributed by atoms with van der Waals surface area (Å²) in [6.07, 6.45) is 2.98. The zero-order valence-electron chi connectivity index (χ0n) is 11.8. The summed E-state index contributed by atoms with van der Waals surface area (Å²) in [4.78, 5) is 3.87. The number of fused-ring (bicyclic) bond motifs is 1. The molecule has 1 aromatic heterocycles. The molecule has 10 heteroatoms. The lowest BCUT2D eigenvalue weighted by atomic mass is 10.2.